The van der Waals surface area contributed by atoms with Gasteiger partial charge in [-0.3, -0.25) is 4.90 Å². The van der Waals surface area contributed by atoms with Crippen molar-refractivity contribution >= 4 is 6.03 Å². The molecule has 3 rings (SSSR count). The van der Waals surface area contributed by atoms with Gasteiger partial charge in [0.15, 0.2) is 0 Å². The summed E-state index contributed by atoms with van der Waals surface area (Å²) in [6, 6.07) is 14.7. The van der Waals surface area contributed by atoms with E-state index in [1.54, 1.807) is 19.2 Å². The molecule has 2 amide bonds. The summed E-state index contributed by atoms with van der Waals surface area (Å²) in [6.07, 6.45) is 1.44. The van der Waals surface area contributed by atoms with E-state index < -0.39 is 0 Å². The number of hydrogen-bond acceptors (Lipinski definition) is 3. The first-order valence-electron chi connectivity index (χ1n) is 9.77. The van der Waals surface area contributed by atoms with E-state index >= 15 is 0 Å². The number of benzene rings is 2. The largest absolute Gasteiger partial charge is 0.497 e. The van der Waals surface area contributed by atoms with Gasteiger partial charge < -0.3 is 15.0 Å². The Morgan fingerprint density at radius 2 is 1.86 bits per heavy atom. The minimum absolute atomic E-state index is 0.0670. The fraction of sp³-hybridized carbons (Fsp3) is 0.409. The first-order valence-corrected chi connectivity index (χ1v) is 9.77. The molecule has 0 spiro atoms. The number of nitrogens with zero attached hydrogens (tertiary/aromatic N) is 2. The van der Waals surface area contributed by atoms with Crippen LogP contribution in [0, 0.1) is 5.82 Å². The van der Waals surface area contributed by atoms with E-state index in [1.165, 1.54) is 11.6 Å². The van der Waals surface area contributed by atoms with E-state index in [1.807, 2.05) is 23.1 Å². The number of urea groups is 1. The minimum atomic E-state index is -0.222. The van der Waals surface area contributed by atoms with Crippen LogP contribution in [-0.2, 0) is 13.0 Å². The van der Waals surface area contributed by atoms with E-state index in [2.05, 4.69) is 22.3 Å². The lowest BCUT2D eigenvalue weighted by Gasteiger charge is -2.22. The molecule has 2 aromatic rings. The lowest BCUT2D eigenvalue weighted by molar-refractivity contribution is 0.198. The second kappa shape index (κ2) is 10.1. The van der Waals surface area contributed by atoms with Gasteiger partial charge in [0, 0.05) is 39.3 Å². The molecule has 1 N–H and O–H groups in total. The van der Waals surface area contributed by atoms with Gasteiger partial charge in [-0.1, -0.05) is 30.3 Å². The highest BCUT2D eigenvalue weighted by molar-refractivity contribution is 5.74. The molecule has 1 heterocycles. The highest BCUT2D eigenvalue weighted by Gasteiger charge is 2.19. The molecule has 0 atom stereocenters. The van der Waals surface area contributed by atoms with Crippen LogP contribution in [0.1, 0.15) is 17.5 Å². The number of halogens is 1. The minimum Gasteiger partial charge on any atom is -0.497 e. The van der Waals surface area contributed by atoms with Crippen LogP contribution in [0.4, 0.5) is 9.18 Å². The zero-order chi connectivity index (χ0) is 19.8. The van der Waals surface area contributed by atoms with Gasteiger partial charge in [-0.05, 0) is 42.2 Å². The van der Waals surface area contributed by atoms with Gasteiger partial charge in [-0.15, -0.1) is 0 Å². The normalized spacial score (nSPS) is 15.1. The number of carbonyl (C=O) groups is 1. The predicted molar refractivity (Wildman–Crippen MR) is 108 cm³/mol. The summed E-state index contributed by atoms with van der Waals surface area (Å²) < 4.78 is 18.9. The van der Waals surface area contributed by atoms with Gasteiger partial charge in [0.25, 0.3) is 0 Å². The molecule has 1 fully saturated rings. The standard InChI is InChI=1S/C22H28FN3O2/c1-28-20-9-7-18(8-10-20)17-25-13-4-14-26(16-15-25)22(27)24-12-11-19-5-2-3-6-21(19)23/h2-3,5-10H,4,11-17H2,1H3,(H,24,27). The SMILES string of the molecule is COc1ccc(CN2CCCN(C(=O)NCCc3ccccc3F)CC2)cc1. The third kappa shape index (κ3) is 5.70. The summed E-state index contributed by atoms with van der Waals surface area (Å²) in [5, 5.41) is 2.92. The molecule has 28 heavy (non-hydrogen) atoms. The molecule has 1 aliphatic rings. The van der Waals surface area contributed by atoms with Gasteiger partial charge in [0.2, 0.25) is 0 Å². The summed E-state index contributed by atoms with van der Waals surface area (Å²) in [5.41, 5.74) is 1.87. The zero-order valence-corrected chi connectivity index (χ0v) is 16.4. The van der Waals surface area contributed by atoms with Crippen molar-refractivity contribution in [2.24, 2.45) is 0 Å². The van der Waals surface area contributed by atoms with Crippen molar-refractivity contribution in [1.82, 2.24) is 15.1 Å². The van der Waals surface area contributed by atoms with Gasteiger partial charge >= 0.3 is 6.03 Å². The molecule has 0 bridgehead atoms. The molecule has 0 aromatic heterocycles. The molecule has 150 valence electrons. The average Bonchev–Trinajstić information content (AvgIpc) is 2.95. The molecule has 6 heteroatoms. The van der Waals surface area contributed by atoms with Crippen LogP contribution in [0.2, 0.25) is 0 Å². The third-order valence-corrected chi connectivity index (χ3v) is 5.07. The van der Waals surface area contributed by atoms with Crippen LogP contribution in [0.5, 0.6) is 5.75 Å². The van der Waals surface area contributed by atoms with Crippen LogP contribution in [0.25, 0.3) is 0 Å². The van der Waals surface area contributed by atoms with E-state index in [0.717, 1.165) is 38.3 Å². The molecular weight excluding hydrogens is 357 g/mol. The van der Waals surface area contributed by atoms with Crippen molar-refractivity contribution in [3.63, 3.8) is 0 Å². The number of nitrogens with one attached hydrogen (secondary N) is 1. The summed E-state index contributed by atoms with van der Waals surface area (Å²) in [4.78, 5) is 16.7. The number of ether oxygens (including phenoxy) is 1. The Morgan fingerprint density at radius 1 is 1.07 bits per heavy atom. The van der Waals surface area contributed by atoms with Gasteiger partial charge in [-0.2, -0.15) is 0 Å². The number of amides is 2. The summed E-state index contributed by atoms with van der Waals surface area (Å²) in [5.74, 6) is 0.638. The van der Waals surface area contributed by atoms with Gasteiger partial charge in [0.05, 0.1) is 7.11 Å². The quantitative estimate of drug-likeness (QED) is 0.830. The molecular formula is C22H28FN3O2. The molecule has 0 unspecified atom stereocenters. The molecule has 2 aromatic carbocycles. The Hall–Kier alpha value is -2.60. The monoisotopic (exact) mass is 385 g/mol. The van der Waals surface area contributed by atoms with Crippen molar-refractivity contribution in [3.05, 3.63) is 65.5 Å². The number of methoxy groups -OCH3 is 1. The van der Waals surface area contributed by atoms with Crippen LogP contribution < -0.4 is 10.1 Å². The fourth-order valence-electron chi connectivity index (χ4n) is 3.44. The Labute approximate surface area is 166 Å². The van der Waals surface area contributed by atoms with Crippen LogP contribution in [-0.4, -0.2) is 55.7 Å². The van der Waals surface area contributed by atoms with Crippen molar-refractivity contribution in [2.75, 3.05) is 39.8 Å². The topological polar surface area (TPSA) is 44.8 Å². The maximum atomic E-state index is 13.7. The average molecular weight is 385 g/mol. The second-order valence-electron chi connectivity index (χ2n) is 7.04. The number of hydrogen-bond donors (Lipinski definition) is 1. The molecule has 0 radical (unpaired) electrons. The van der Waals surface area contributed by atoms with Crippen LogP contribution >= 0.6 is 0 Å². The maximum absolute atomic E-state index is 13.7. The van der Waals surface area contributed by atoms with E-state index in [0.29, 0.717) is 25.1 Å². The lowest BCUT2D eigenvalue weighted by Crippen LogP contribution is -2.42. The lowest BCUT2D eigenvalue weighted by atomic mass is 10.1. The molecule has 0 saturated carbocycles. The third-order valence-electron chi connectivity index (χ3n) is 5.07. The maximum Gasteiger partial charge on any atom is 0.317 e. The second-order valence-corrected chi connectivity index (χ2v) is 7.04. The summed E-state index contributed by atoms with van der Waals surface area (Å²) in [6.45, 7) is 4.54. The van der Waals surface area contributed by atoms with E-state index in [-0.39, 0.29) is 11.8 Å². The Bertz CT molecular complexity index is 767. The Morgan fingerprint density at radius 3 is 2.61 bits per heavy atom. The summed E-state index contributed by atoms with van der Waals surface area (Å²) in [7, 11) is 1.67. The van der Waals surface area contributed by atoms with Gasteiger partial charge in [-0.25, -0.2) is 9.18 Å². The highest BCUT2D eigenvalue weighted by atomic mass is 19.1. The van der Waals surface area contributed by atoms with Crippen LogP contribution in [0.15, 0.2) is 48.5 Å². The van der Waals surface area contributed by atoms with E-state index in [4.69, 9.17) is 4.74 Å². The first-order chi connectivity index (χ1) is 13.7. The van der Waals surface area contributed by atoms with Crippen LogP contribution in [0.3, 0.4) is 0 Å². The Balaban J connectivity index is 1.43. The van der Waals surface area contributed by atoms with Crippen molar-refractivity contribution in [3.8, 4) is 5.75 Å². The molecule has 0 aliphatic carbocycles. The molecule has 1 aliphatic heterocycles. The molecule has 1 saturated heterocycles. The fourth-order valence-corrected chi connectivity index (χ4v) is 3.44. The van der Waals surface area contributed by atoms with Crippen molar-refractivity contribution in [1.29, 1.82) is 0 Å². The number of rotatable bonds is 6. The van der Waals surface area contributed by atoms with Crippen molar-refractivity contribution in [2.45, 2.75) is 19.4 Å². The van der Waals surface area contributed by atoms with E-state index in [9.17, 15) is 9.18 Å². The first kappa shape index (κ1) is 20.1. The highest BCUT2D eigenvalue weighted by Crippen LogP contribution is 2.14. The smallest absolute Gasteiger partial charge is 0.317 e. The predicted octanol–water partition coefficient (Wildman–Crippen LogP) is 3.29. The zero-order valence-electron chi connectivity index (χ0n) is 16.4. The van der Waals surface area contributed by atoms with Gasteiger partial charge in [0.1, 0.15) is 11.6 Å². The molecule has 5 nitrogen and oxygen atoms in total. The number of carbonyl (C=O) groups excluding carboxylic acids is 1. The summed E-state index contributed by atoms with van der Waals surface area (Å²) >= 11 is 0. The Kier molecular flexibility index (Phi) is 7.25. The van der Waals surface area contributed by atoms with Crippen molar-refractivity contribution < 1.29 is 13.9 Å².